The van der Waals surface area contributed by atoms with Gasteiger partial charge in [-0.1, -0.05) is 0 Å². The van der Waals surface area contributed by atoms with Crippen molar-refractivity contribution in [2.45, 2.75) is 25.7 Å². The fourth-order valence-corrected chi connectivity index (χ4v) is 4.97. The van der Waals surface area contributed by atoms with Crippen molar-refractivity contribution in [1.29, 1.82) is 0 Å². The first kappa shape index (κ1) is 23.6. The summed E-state index contributed by atoms with van der Waals surface area (Å²) in [7, 11) is 10.1. The van der Waals surface area contributed by atoms with E-state index in [2.05, 4.69) is 31.2 Å². The predicted octanol–water partition coefficient (Wildman–Crippen LogP) is 5.33. The summed E-state index contributed by atoms with van der Waals surface area (Å²) in [6, 6.07) is 12.2. The van der Waals surface area contributed by atoms with Gasteiger partial charge in [0.1, 0.15) is 23.0 Å². The van der Waals surface area contributed by atoms with E-state index in [0.717, 1.165) is 69.6 Å². The first-order valence-corrected chi connectivity index (χ1v) is 11.2. The molecule has 0 bridgehead atoms. The number of rotatable bonds is 7. The second kappa shape index (κ2) is 9.75. The van der Waals surface area contributed by atoms with Gasteiger partial charge in [-0.3, -0.25) is 0 Å². The van der Waals surface area contributed by atoms with Gasteiger partial charge in [0.15, 0.2) is 11.5 Å². The highest BCUT2D eigenvalue weighted by molar-refractivity contribution is 5.60. The molecule has 0 aliphatic heterocycles. The topological polar surface area (TPSA) is 55.4 Å². The Morgan fingerprint density at radius 2 is 1.12 bits per heavy atom. The fraction of sp³-hybridized carbons (Fsp3) is 0.357. The number of hydrogen-bond acceptors (Lipinski definition) is 6. The van der Waals surface area contributed by atoms with Crippen LogP contribution in [0, 0.1) is 6.92 Å². The molecule has 6 nitrogen and oxygen atoms in total. The van der Waals surface area contributed by atoms with E-state index in [1.54, 1.807) is 42.7 Å². The molecule has 3 aromatic carbocycles. The summed E-state index contributed by atoms with van der Waals surface area (Å²) in [6.45, 7) is 2.09. The molecule has 180 valence electrons. The van der Waals surface area contributed by atoms with Crippen LogP contribution in [-0.4, -0.2) is 42.7 Å². The zero-order valence-electron chi connectivity index (χ0n) is 20.9. The van der Waals surface area contributed by atoms with E-state index < -0.39 is 0 Å². The molecule has 1 unspecified atom stereocenters. The molecule has 0 fully saturated rings. The molecule has 0 aromatic heterocycles. The lowest BCUT2D eigenvalue weighted by Gasteiger charge is -2.25. The first-order valence-electron chi connectivity index (χ1n) is 11.2. The van der Waals surface area contributed by atoms with Gasteiger partial charge in [0, 0.05) is 23.6 Å². The van der Waals surface area contributed by atoms with Crippen LogP contribution in [0.3, 0.4) is 0 Å². The molecule has 0 radical (unpaired) electrons. The third kappa shape index (κ3) is 4.09. The standard InChI is InChI=1S/C28H32O6/c1-16-22(13-21(30-3)14-24(16)31-4)23-10-18-12-26(33-6)25(32-5)11-17(18)8-19-9-20(29-2)15-27(34-7)28(19)23/h9,11-15,23H,8,10H2,1-7H3. The highest BCUT2D eigenvalue weighted by atomic mass is 16.5. The smallest absolute Gasteiger partial charge is 0.161 e. The van der Waals surface area contributed by atoms with Gasteiger partial charge in [-0.05, 0) is 71.8 Å². The summed E-state index contributed by atoms with van der Waals surface area (Å²) in [5.41, 5.74) is 6.86. The van der Waals surface area contributed by atoms with Crippen LogP contribution in [-0.2, 0) is 12.8 Å². The highest BCUT2D eigenvalue weighted by Gasteiger charge is 2.31. The maximum absolute atomic E-state index is 5.91. The van der Waals surface area contributed by atoms with Crippen LogP contribution in [0.4, 0.5) is 0 Å². The van der Waals surface area contributed by atoms with Crippen molar-refractivity contribution in [2.24, 2.45) is 0 Å². The van der Waals surface area contributed by atoms with Crippen molar-refractivity contribution in [3.05, 3.63) is 69.8 Å². The maximum atomic E-state index is 5.91. The average molecular weight is 465 g/mol. The van der Waals surface area contributed by atoms with E-state index >= 15 is 0 Å². The Morgan fingerprint density at radius 3 is 1.71 bits per heavy atom. The SMILES string of the molecule is COc1cc2c(c(OC)c1)C(c1cc(OC)cc(OC)c1C)Cc1cc(OC)c(OC)cc1C2. The molecule has 4 rings (SSSR count). The molecular weight excluding hydrogens is 432 g/mol. The van der Waals surface area contributed by atoms with Crippen molar-refractivity contribution < 1.29 is 28.4 Å². The second-order valence-corrected chi connectivity index (χ2v) is 8.36. The third-order valence-corrected chi connectivity index (χ3v) is 6.72. The molecule has 1 aliphatic carbocycles. The Hall–Kier alpha value is -3.54. The van der Waals surface area contributed by atoms with Gasteiger partial charge in [0.25, 0.3) is 0 Å². The van der Waals surface area contributed by atoms with Gasteiger partial charge in [0.05, 0.1) is 42.7 Å². The lowest BCUT2D eigenvalue weighted by Crippen LogP contribution is -2.11. The monoisotopic (exact) mass is 464 g/mol. The summed E-state index contributed by atoms with van der Waals surface area (Å²) in [6.07, 6.45) is 1.47. The lowest BCUT2D eigenvalue weighted by molar-refractivity contribution is 0.354. The van der Waals surface area contributed by atoms with Crippen LogP contribution in [0.5, 0.6) is 34.5 Å². The molecule has 3 aromatic rings. The first-order chi connectivity index (χ1) is 16.5. The van der Waals surface area contributed by atoms with Gasteiger partial charge in [0.2, 0.25) is 0 Å². The maximum Gasteiger partial charge on any atom is 0.161 e. The minimum atomic E-state index is -0.000734. The van der Waals surface area contributed by atoms with Crippen LogP contribution in [0.1, 0.15) is 39.3 Å². The molecule has 0 heterocycles. The van der Waals surface area contributed by atoms with Crippen LogP contribution in [0.2, 0.25) is 0 Å². The predicted molar refractivity (Wildman–Crippen MR) is 132 cm³/mol. The minimum absolute atomic E-state index is 0.000734. The molecule has 34 heavy (non-hydrogen) atoms. The summed E-state index contributed by atoms with van der Waals surface area (Å²) >= 11 is 0. The quantitative estimate of drug-likeness (QED) is 0.471. The third-order valence-electron chi connectivity index (χ3n) is 6.72. The van der Waals surface area contributed by atoms with Crippen LogP contribution >= 0.6 is 0 Å². The number of hydrogen-bond donors (Lipinski definition) is 0. The normalized spacial score (nSPS) is 14.4. The Morgan fingerprint density at radius 1 is 0.559 bits per heavy atom. The molecule has 0 saturated heterocycles. The molecule has 0 amide bonds. The van der Waals surface area contributed by atoms with Crippen molar-refractivity contribution in [3.8, 4) is 34.5 Å². The zero-order valence-corrected chi connectivity index (χ0v) is 20.9. The molecule has 0 spiro atoms. The fourth-order valence-electron chi connectivity index (χ4n) is 4.97. The molecule has 0 N–H and O–H groups in total. The minimum Gasteiger partial charge on any atom is -0.497 e. The van der Waals surface area contributed by atoms with E-state index in [-0.39, 0.29) is 5.92 Å². The average Bonchev–Trinajstić information content (AvgIpc) is 3.03. The molecule has 1 aliphatic rings. The van der Waals surface area contributed by atoms with E-state index in [4.69, 9.17) is 28.4 Å². The number of ether oxygens (including phenoxy) is 6. The molecule has 6 heteroatoms. The zero-order chi connectivity index (χ0) is 24.4. The number of fused-ring (bicyclic) bond motifs is 2. The lowest BCUT2D eigenvalue weighted by atomic mass is 9.82. The highest BCUT2D eigenvalue weighted by Crippen LogP contribution is 2.47. The van der Waals surface area contributed by atoms with Crippen LogP contribution in [0.25, 0.3) is 0 Å². The Labute approximate surface area is 201 Å². The molecule has 0 saturated carbocycles. The molecular formula is C28H32O6. The second-order valence-electron chi connectivity index (χ2n) is 8.36. The van der Waals surface area contributed by atoms with E-state index in [1.807, 2.05) is 12.1 Å². The van der Waals surface area contributed by atoms with E-state index in [0.29, 0.717) is 0 Å². The van der Waals surface area contributed by atoms with Gasteiger partial charge < -0.3 is 28.4 Å². The van der Waals surface area contributed by atoms with Crippen molar-refractivity contribution in [3.63, 3.8) is 0 Å². The van der Waals surface area contributed by atoms with Gasteiger partial charge >= 0.3 is 0 Å². The Balaban J connectivity index is 2.03. The number of methoxy groups -OCH3 is 6. The Kier molecular flexibility index (Phi) is 6.77. The summed E-state index contributed by atoms with van der Waals surface area (Å²) in [4.78, 5) is 0. The van der Waals surface area contributed by atoms with Crippen molar-refractivity contribution in [1.82, 2.24) is 0 Å². The van der Waals surface area contributed by atoms with Gasteiger partial charge in [-0.15, -0.1) is 0 Å². The van der Waals surface area contributed by atoms with Crippen LogP contribution < -0.4 is 28.4 Å². The summed E-state index contributed by atoms with van der Waals surface area (Å²) in [5.74, 6) is 4.54. The largest absolute Gasteiger partial charge is 0.497 e. The van der Waals surface area contributed by atoms with Crippen molar-refractivity contribution in [2.75, 3.05) is 42.7 Å². The number of benzene rings is 3. The Bertz CT molecular complexity index is 1200. The summed E-state index contributed by atoms with van der Waals surface area (Å²) in [5, 5.41) is 0. The van der Waals surface area contributed by atoms with E-state index in [9.17, 15) is 0 Å². The summed E-state index contributed by atoms with van der Waals surface area (Å²) < 4.78 is 34.1. The van der Waals surface area contributed by atoms with Gasteiger partial charge in [-0.25, -0.2) is 0 Å². The van der Waals surface area contributed by atoms with E-state index in [1.165, 1.54) is 11.1 Å². The van der Waals surface area contributed by atoms with Gasteiger partial charge in [-0.2, -0.15) is 0 Å². The molecule has 1 atom stereocenters. The van der Waals surface area contributed by atoms with Crippen LogP contribution in [0.15, 0.2) is 36.4 Å². The van der Waals surface area contributed by atoms with Crippen molar-refractivity contribution >= 4 is 0 Å².